The summed E-state index contributed by atoms with van der Waals surface area (Å²) in [6.45, 7) is 0. The summed E-state index contributed by atoms with van der Waals surface area (Å²) < 4.78 is 45.7. The fourth-order valence-corrected chi connectivity index (χ4v) is 3.64. The lowest BCUT2D eigenvalue weighted by molar-refractivity contribution is 0.583. The van der Waals surface area contributed by atoms with Crippen molar-refractivity contribution in [3.05, 3.63) is 22.7 Å². The maximum Gasteiger partial charge on any atom is 0.288 e. The lowest BCUT2D eigenvalue weighted by Crippen LogP contribution is -2.29. The van der Waals surface area contributed by atoms with Crippen LogP contribution in [0.2, 0.25) is 0 Å². The Balaban J connectivity index is 3.15. The van der Waals surface area contributed by atoms with Crippen LogP contribution in [0.3, 0.4) is 0 Å². The molecule has 0 unspecified atom stereocenters. The highest BCUT2D eigenvalue weighted by Gasteiger charge is 2.22. The first-order valence-electron chi connectivity index (χ1n) is 4.38. The SMILES string of the molecule is Cn1ccnc(S(=O)(=O)CCS(N)(=O)=O)c1=O. The van der Waals surface area contributed by atoms with Crippen molar-refractivity contribution in [2.75, 3.05) is 11.5 Å². The molecule has 0 aromatic carbocycles. The van der Waals surface area contributed by atoms with E-state index in [1.807, 2.05) is 0 Å². The molecule has 0 saturated heterocycles. The molecule has 0 fully saturated rings. The minimum absolute atomic E-state index is 0.675. The Morgan fingerprint density at radius 1 is 1.29 bits per heavy atom. The Kier molecular flexibility index (Phi) is 3.69. The third-order valence-corrected chi connectivity index (χ3v) is 4.56. The minimum Gasteiger partial charge on any atom is -0.315 e. The van der Waals surface area contributed by atoms with Gasteiger partial charge in [-0.2, -0.15) is 0 Å². The zero-order chi connectivity index (χ0) is 13.3. The molecule has 0 atom stereocenters. The first kappa shape index (κ1) is 13.8. The molecule has 1 rings (SSSR count). The Morgan fingerprint density at radius 3 is 2.41 bits per heavy atom. The quantitative estimate of drug-likeness (QED) is 0.669. The van der Waals surface area contributed by atoms with Gasteiger partial charge in [0.15, 0.2) is 0 Å². The average molecular weight is 281 g/mol. The highest BCUT2D eigenvalue weighted by molar-refractivity contribution is 7.94. The van der Waals surface area contributed by atoms with E-state index in [1.54, 1.807) is 0 Å². The molecule has 17 heavy (non-hydrogen) atoms. The Morgan fingerprint density at radius 2 is 1.88 bits per heavy atom. The van der Waals surface area contributed by atoms with Gasteiger partial charge in [0.1, 0.15) is 0 Å². The number of nitrogens with two attached hydrogens (primary N) is 1. The van der Waals surface area contributed by atoms with E-state index in [-0.39, 0.29) is 0 Å². The zero-order valence-corrected chi connectivity index (χ0v) is 10.5. The van der Waals surface area contributed by atoms with Crippen LogP contribution in [0.1, 0.15) is 0 Å². The number of rotatable bonds is 4. The monoisotopic (exact) mass is 281 g/mol. The van der Waals surface area contributed by atoms with E-state index in [0.717, 1.165) is 10.8 Å². The third-order valence-electron chi connectivity index (χ3n) is 1.92. The second-order valence-corrected chi connectivity index (χ2v) is 7.09. The topological polar surface area (TPSA) is 129 Å². The van der Waals surface area contributed by atoms with Crippen molar-refractivity contribution in [1.29, 1.82) is 0 Å². The van der Waals surface area contributed by atoms with E-state index in [1.165, 1.54) is 13.2 Å². The average Bonchev–Trinajstić information content (AvgIpc) is 2.18. The predicted octanol–water partition coefficient (Wildman–Crippen LogP) is -2.16. The van der Waals surface area contributed by atoms with Gasteiger partial charge in [-0.05, 0) is 0 Å². The molecule has 0 aliphatic rings. The smallest absolute Gasteiger partial charge is 0.288 e. The van der Waals surface area contributed by atoms with Crippen LogP contribution in [0.25, 0.3) is 0 Å². The largest absolute Gasteiger partial charge is 0.315 e. The summed E-state index contributed by atoms with van der Waals surface area (Å²) in [5.41, 5.74) is -0.804. The highest BCUT2D eigenvalue weighted by atomic mass is 32.2. The lowest BCUT2D eigenvalue weighted by Gasteiger charge is -2.03. The molecular weight excluding hydrogens is 270 g/mol. The van der Waals surface area contributed by atoms with Crippen molar-refractivity contribution in [3.63, 3.8) is 0 Å². The van der Waals surface area contributed by atoms with Crippen molar-refractivity contribution in [1.82, 2.24) is 9.55 Å². The van der Waals surface area contributed by atoms with Gasteiger partial charge in [0.2, 0.25) is 24.9 Å². The van der Waals surface area contributed by atoms with Gasteiger partial charge in [0, 0.05) is 19.4 Å². The molecule has 96 valence electrons. The molecule has 0 radical (unpaired) electrons. The van der Waals surface area contributed by atoms with Crippen LogP contribution in [-0.4, -0.2) is 37.9 Å². The van der Waals surface area contributed by atoms with Crippen molar-refractivity contribution < 1.29 is 16.8 Å². The number of aryl methyl sites for hydroxylation is 1. The van der Waals surface area contributed by atoms with E-state index in [9.17, 15) is 21.6 Å². The molecule has 10 heteroatoms. The van der Waals surface area contributed by atoms with Gasteiger partial charge in [-0.3, -0.25) is 4.79 Å². The molecule has 1 heterocycles. The van der Waals surface area contributed by atoms with Crippen LogP contribution in [0.15, 0.2) is 22.2 Å². The lowest BCUT2D eigenvalue weighted by atomic mass is 10.7. The van der Waals surface area contributed by atoms with Crippen molar-refractivity contribution in [2.24, 2.45) is 12.2 Å². The Hall–Kier alpha value is -1.26. The molecule has 1 aromatic rings. The van der Waals surface area contributed by atoms with E-state index in [0.29, 0.717) is 0 Å². The summed E-state index contributed by atoms with van der Waals surface area (Å²) in [6.07, 6.45) is 2.44. The molecule has 2 N–H and O–H groups in total. The number of sulfone groups is 1. The number of primary sulfonamides is 1. The molecule has 0 amide bonds. The first-order valence-corrected chi connectivity index (χ1v) is 7.75. The second kappa shape index (κ2) is 4.55. The van der Waals surface area contributed by atoms with Crippen LogP contribution in [0.5, 0.6) is 0 Å². The summed E-state index contributed by atoms with van der Waals surface area (Å²) in [6, 6.07) is 0. The fraction of sp³-hybridized carbons (Fsp3) is 0.429. The summed E-state index contributed by atoms with van der Waals surface area (Å²) in [7, 11) is -6.59. The molecule has 0 aliphatic carbocycles. The molecular formula is C7H11N3O5S2. The van der Waals surface area contributed by atoms with Crippen LogP contribution in [0, 0.1) is 0 Å². The van der Waals surface area contributed by atoms with E-state index < -0.39 is 42.0 Å². The first-order chi connectivity index (χ1) is 7.63. The molecule has 8 nitrogen and oxygen atoms in total. The van der Waals surface area contributed by atoms with Gasteiger partial charge in [0.05, 0.1) is 11.5 Å². The van der Waals surface area contributed by atoms with Gasteiger partial charge < -0.3 is 4.57 Å². The Labute approximate surface area is 98.1 Å². The van der Waals surface area contributed by atoms with Crippen LogP contribution >= 0.6 is 0 Å². The number of hydrogen-bond donors (Lipinski definition) is 1. The summed E-state index contributed by atoms with van der Waals surface area (Å²) in [5, 5.41) is 4.02. The molecule has 0 aliphatic heterocycles. The van der Waals surface area contributed by atoms with Crippen molar-refractivity contribution >= 4 is 19.9 Å². The molecule has 1 aromatic heterocycles. The maximum absolute atomic E-state index is 11.7. The highest BCUT2D eigenvalue weighted by Crippen LogP contribution is 2.01. The van der Waals surface area contributed by atoms with Crippen LogP contribution in [0.4, 0.5) is 0 Å². The summed E-state index contributed by atoms with van der Waals surface area (Å²) in [5.74, 6) is -1.52. The van der Waals surface area contributed by atoms with Crippen LogP contribution in [-0.2, 0) is 26.9 Å². The van der Waals surface area contributed by atoms with Crippen LogP contribution < -0.4 is 10.7 Å². The van der Waals surface area contributed by atoms with Gasteiger partial charge in [-0.25, -0.2) is 27.0 Å². The van der Waals surface area contributed by atoms with E-state index in [2.05, 4.69) is 4.98 Å². The molecule has 0 spiro atoms. The standard InChI is InChI=1S/C7H11N3O5S2/c1-10-3-2-9-6(7(10)11)16(12,13)4-5-17(8,14)15/h2-3H,4-5H2,1H3,(H2,8,14,15). The van der Waals surface area contributed by atoms with Crippen molar-refractivity contribution in [3.8, 4) is 0 Å². The minimum atomic E-state index is -4.05. The van der Waals surface area contributed by atoms with Gasteiger partial charge in [-0.15, -0.1) is 0 Å². The maximum atomic E-state index is 11.7. The van der Waals surface area contributed by atoms with Gasteiger partial charge >= 0.3 is 0 Å². The summed E-state index contributed by atoms with van der Waals surface area (Å²) >= 11 is 0. The molecule has 0 bridgehead atoms. The summed E-state index contributed by atoms with van der Waals surface area (Å²) in [4.78, 5) is 14.9. The van der Waals surface area contributed by atoms with E-state index >= 15 is 0 Å². The number of hydrogen-bond acceptors (Lipinski definition) is 6. The van der Waals surface area contributed by atoms with E-state index in [4.69, 9.17) is 5.14 Å². The van der Waals surface area contributed by atoms with Gasteiger partial charge in [-0.1, -0.05) is 0 Å². The van der Waals surface area contributed by atoms with Gasteiger partial charge in [0.25, 0.3) is 5.56 Å². The number of nitrogens with zero attached hydrogens (tertiary/aromatic N) is 2. The number of sulfonamides is 1. The molecule has 0 saturated carbocycles. The van der Waals surface area contributed by atoms with Crippen molar-refractivity contribution in [2.45, 2.75) is 5.03 Å². The number of aromatic nitrogens is 2. The normalized spacial score (nSPS) is 12.6. The Bertz CT molecular complexity index is 674. The third kappa shape index (κ3) is 3.61. The second-order valence-electron chi connectivity index (χ2n) is 3.33. The fourth-order valence-electron chi connectivity index (χ4n) is 1.01. The predicted molar refractivity (Wildman–Crippen MR) is 59.5 cm³/mol. The zero-order valence-electron chi connectivity index (χ0n) is 8.90.